The number of ether oxygens (including phenoxy) is 3. The molecule has 2 aromatic rings. The summed E-state index contributed by atoms with van der Waals surface area (Å²) in [5.74, 6) is 3.07. The molecule has 0 aromatic heterocycles. The van der Waals surface area contributed by atoms with E-state index >= 15 is 0 Å². The van der Waals surface area contributed by atoms with Crippen LogP contribution in [0.25, 0.3) is 0 Å². The Bertz CT molecular complexity index is 802. The van der Waals surface area contributed by atoms with Gasteiger partial charge < -0.3 is 24.8 Å². The number of nitrogens with one attached hydrogen (secondary N) is 2. The third kappa shape index (κ3) is 6.31. The van der Waals surface area contributed by atoms with E-state index in [9.17, 15) is 0 Å². The van der Waals surface area contributed by atoms with Gasteiger partial charge in [0.05, 0.1) is 27.9 Å². The first-order valence-electron chi connectivity index (χ1n) is 9.81. The summed E-state index contributed by atoms with van der Waals surface area (Å²) in [5.41, 5.74) is 2.22. The summed E-state index contributed by atoms with van der Waals surface area (Å²) in [5, 5.41) is 6.77. The van der Waals surface area contributed by atoms with E-state index < -0.39 is 0 Å². The average molecular weight is 400 g/mol. The van der Waals surface area contributed by atoms with E-state index in [4.69, 9.17) is 19.2 Å². The molecule has 6 heteroatoms. The molecule has 2 aromatic carbocycles. The van der Waals surface area contributed by atoms with Crippen LogP contribution in [0.4, 0.5) is 0 Å². The fourth-order valence-electron chi connectivity index (χ4n) is 2.94. The van der Waals surface area contributed by atoms with Gasteiger partial charge in [0.2, 0.25) is 0 Å². The van der Waals surface area contributed by atoms with Crippen molar-refractivity contribution in [3.05, 3.63) is 53.6 Å². The minimum absolute atomic E-state index is 0.0637. The quantitative estimate of drug-likeness (QED) is 0.497. The SMILES string of the molecule is CCNC(=NCc1ccc(OC)c(OC)c1)NCC(C)(C)c1ccc(OC)cc1. The molecule has 0 saturated heterocycles. The van der Waals surface area contributed by atoms with Crippen LogP contribution in [-0.4, -0.2) is 40.4 Å². The van der Waals surface area contributed by atoms with Crippen molar-refractivity contribution in [1.29, 1.82) is 0 Å². The molecule has 6 nitrogen and oxygen atoms in total. The lowest BCUT2D eigenvalue weighted by molar-refractivity contribution is 0.354. The summed E-state index contributed by atoms with van der Waals surface area (Å²) in [6, 6.07) is 14.0. The zero-order valence-electron chi connectivity index (χ0n) is 18.3. The zero-order valence-corrected chi connectivity index (χ0v) is 18.3. The fraction of sp³-hybridized carbons (Fsp3) is 0.435. The molecule has 2 N–H and O–H groups in total. The molecule has 0 heterocycles. The summed E-state index contributed by atoms with van der Waals surface area (Å²) in [6.07, 6.45) is 0. The van der Waals surface area contributed by atoms with E-state index in [-0.39, 0.29) is 5.41 Å². The van der Waals surface area contributed by atoms with E-state index in [2.05, 4.69) is 43.5 Å². The molecule has 0 unspecified atom stereocenters. The number of methoxy groups -OCH3 is 3. The maximum absolute atomic E-state index is 5.38. The first-order chi connectivity index (χ1) is 13.9. The molecule has 0 amide bonds. The van der Waals surface area contributed by atoms with Crippen LogP contribution in [0.1, 0.15) is 31.9 Å². The molecule has 0 aliphatic heterocycles. The molecule has 0 atom stereocenters. The molecule has 0 fully saturated rings. The largest absolute Gasteiger partial charge is 0.497 e. The van der Waals surface area contributed by atoms with Crippen LogP contribution < -0.4 is 24.8 Å². The maximum atomic E-state index is 5.38. The van der Waals surface area contributed by atoms with E-state index in [1.54, 1.807) is 21.3 Å². The molecule has 2 rings (SSSR count). The van der Waals surface area contributed by atoms with Crippen LogP contribution in [0.15, 0.2) is 47.5 Å². The molecule has 0 radical (unpaired) electrons. The lowest BCUT2D eigenvalue weighted by atomic mass is 9.84. The van der Waals surface area contributed by atoms with Crippen molar-refractivity contribution in [2.75, 3.05) is 34.4 Å². The Morgan fingerprint density at radius 3 is 2.17 bits per heavy atom. The van der Waals surface area contributed by atoms with E-state index in [0.717, 1.165) is 30.4 Å². The highest BCUT2D eigenvalue weighted by molar-refractivity contribution is 5.79. The van der Waals surface area contributed by atoms with Crippen LogP contribution in [0.2, 0.25) is 0 Å². The summed E-state index contributed by atoms with van der Waals surface area (Å²) in [4.78, 5) is 4.72. The van der Waals surface area contributed by atoms with Crippen molar-refractivity contribution in [3.63, 3.8) is 0 Å². The van der Waals surface area contributed by atoms with Gasteiger partial charge in [-0.1, -0.05) is 32.0 Å². The van der Waals surface area contributed by atoms with E-state index in [1.165, 1.54) is 5.56 Å². The summed E-state index contributed by atoms with van der Waals surface area (Å²) < 4.78 is 15.9. The molecule has 0 aliphatic carbocycles. The van der Waals surface area contributed by atoms with E-state index in [1.807, 2.05) is 30.3 Å². The number of rotatable bonds is 9. The molecule has 158 valence electrons. The topological polar surface area (TPSA) is 64.1 Å². The lowest BCUT2D eigenvalue weighted by Gasteiger charge is -2.27. The molecule has 0 bridgehead atoms. The number of nitrogens with zero attached hydrogens (tertiary/aromatic N) is 1. The highest BCUT2D eigenvalue weighted by Crippen LogP contribution is 2.28. The Labute approximate surface area is 174 Å². The summed E-state index contributed by atoms with van der Waals surface area (Å²) in [6.45, 7) is 8.55. The van der Waals surface area contributed by atoms with Gasteiger partial charge in [-0.2, -0.15) is 0 Å². The Morgan fingerprint density at radius 1 is 0.897 bits per heavy atom. The molecule has 29 heavy (non-hydrogen) atoms. The van der Waals surface area contributed by atoms with Crippen LogP contribution in [-0.2, 0) is 12.0 Å². The van der Waals surface area contributed by atoms with Gasteiger partial charge in [-0.25, -0.2) is 4.99 Å². The second kappa shape index (κ2) is 10.6. The average Bonchev–Trinajstić information content (AvgIpc) is 2.75. The summed E-state index contributed by atoms with van der Waals surface area (Å²) in [7, 11) is 4.95. The normalized spacial score (nSPS) is 11.7. The van der Waals surface area contributed by atoms with Gasteiger partial charge in [-0.3, -0.25) is 0 Å². The first kappa shape index (κ1) is 22.4. The number of hydrogen-bond acceptors (Lipinski definition) is 4. The number of guanidine groups is 1. The van der Waals surface area contributed by atoms with Crippen molar-refractivity contribution in [2.45, 2.75) is 32.7 Å². The Morgan fingerprint density at radius 2 is 1.59 bits per heavy atom. The predicted molar refractivity (Wildman–Crippen MR) is 118 cm³/mol. The standard InChI is InChI=1S/C23H33N3O3/c1-7-24-22(25-15-17-8-13-20(28-5)21(14-17)29-6)26-16-23(2,3)18-9-11-19(27-4)12-10-18/h8-14H,7,15-16H2,1-6H3,(H2,24,25,26). The van der Waals surface area contributed by atoms with Gasteiger partial charge in [0.15, 0.2) is 17.5 Å². The van der Waals surface area contributed by atoms with Gasteiger partial charge >= 0.3 is 0 Å². The lowest BCUT2D eigenvalue weighted by Crippen LogP contribution is -2.43. The second-order valence-electron chi connectivity index (χ2n) is 7.35. The first-order valence-corrected chi connectivity index (χ1v) is 9.81. The fourth-order valence-corrected chi connectivity index (χ4v) is 2.94. The third-order valence-electron chi connectivity index (χ3n) is 4.78. The Balaban J connectivity index is 2.06. The van der Waals surface area contributed by atoms with Crippen LogP contribution in [0.3, 0.4) is 0 Å². The van der Waals surface area contributed by atoms with Crippen molar-refractivity contribution >= 4 is 5.96 Å². The monoisotopic (exact) mass is 399 g/mol. The van der Waals surface area contributed by atoms with E-state index in [0.29, 0.717) is 18.0 Å². The highest BCUT2D eigenvalue weighted by atomic mass is 16.5. The number of hydrogen-bond donors (Lipinski definition) is 2. The smallest absolute Gasteiger partial charge is 0.191 e. The van der Waals surface area contributed by atoms with Gasteiger partial charge in [0.25, 0.3) is 0 Å². The summed E-state index contributed by atoms with van der Waals surface area (Å²) >= 11 is 0. The van der Waals surface area contributed by atoms with Crippen molar-refractivity contribution < 1.29 is 14.2 Å². The maximum Gasteiger partial charge on any atom is 0.191 e. The molecule has 0 spiro atoms. The second-order valence-corrected chi connectivity index (χ2v) is 7.35. The van der Waals surface area contributed by atoms with Crippen molar-refractivity contribution in [1.82, 2.24) is 10.6 Å². The molecular weight excluding hydrogens is 366 g/mol. The minimum atomic E-state index is -0.0637. The van der Waals surface area contributed by atoms with Crippen LogP contribution in [0.5, 0.6) is 17.2 Å². The van der Waals surface area contributed by atoms with Gasteiger partial charge in [0.1, 0.15) is 5.75 Å². The number of benzene rings is 2. The predicted octanol–water partition coefficient (Wildman–Crippen LogP) is 3.75. The van der Waals surface area contributed by atoms with Gasteiger partial charge in [-0.15, -0.1) is 0 Å². The molecular formula is C23H33N3O3. The number of aliphatic imine (C=N–C) groups is 1. The minimum Gasteiger partial charge on any atom is -0.497 e. The van der Waals surface area contributed by atoms with Gasteiger partial charge in [0, 0.05) is 18.5 Å². The zero-order chi connectivity index (χ0) is 21.3. The third-order valence-corrected chi connectivity index (χ3v) is 4.78. The van der Waals surface area contributed by atoms with Crippen LogP contribution in [0, 0.1) is 0 Å². The van der Waals surface area contributed by atoms with Gasteiger partial charge in [-0.05, 0) is 42.3 Å². The molecule has 0 saturated carbocycles. The van der Waals surface area contributed by atoms with Crippen molar-refractivity contribution in [2.24, 2.45) is 4.99 Å². The van der Waals surface area contributed by atoms with Crippen molar-refractivity contribution in [3.8, 4) is 17.2 Å². The Kier molecular flexibility index (Phi) is 8.19. The molecule has 0 aliphatic rings. The highest BCUT2D eigenvalue weighted by Gasteiger charge is 2.21. The van der Waals surface area contributed by atoms with Crippen LogP contribution >= 0.6 is 0 Å². The Hall–Kier alpha value is -2.89.